The summed E-state index contributed by atoms with van der Waals surface area (Å²) in [6, 6.07) is 8.02. The number of hydrogen-bond donors (Lipinski definition) is 0. The maximum atomic E-state index is 14.3. The molecule has 1 aliphatic rings. The predicted molar refractivity (Wildman–Crippen MR) is 64.9 cm³/mol. The highest BCUT2D eigenvalue weighted by atomic mass is 79.9. The zero-order valence-corrected chi connectivity index (χ0v) is 10.8. The molecular formula is C13H16BrF. The van der Waals surface area contributed by atoms with E-state index in [-0.39, 0.29) is 5.41 Å². The monoisotopic (exact) mass is 270 g/mol. The summed E-state index contributed by atoms with van der Waals surface area (Å²) in [4.78, 5) is 0. The van der Waals surface area contributed by atoms with E-state index in [0.29, 0.717) is 0 Å². The van der Waals surface area contributed by atoms with Gasteiger partial charge >= 0.3 is 0 Å². The summed E-state index contributed by atoms with van der Waals surface area (Å²) in [5.74, 6) is 0. The van der Waals surface area contributed by atoms with Gasteiger partial charge in [-0.3, -0.25) is 0 Å². The molecule has 1 aliphatic carbocycles. The quantitative estimate of drug-likeness (QED) is 0.736. The molecule has 0 saturated heterocycles. The van der Waals surface area contributed by atoms with E-state index in [0.717, 1.165) is 29.3 Å². The molecule has 0 bridgehead atoms. The number of halogens is 2. The van der Waals surface area contributed by atoms with Gasteiger partial charge < -0.3 is 0 Å². The van der Waals surface area contributed by atoms with Crippen LogP contribution in [0.3, 0.4) is 0 Å². The Bertz CT molecular complexity index is 361. The zero-order chi connectivity index (χ0) is 11.1. The maximum Gasteiger partial charge on any atom is 0.115 e. The molecule has 0 atom stereocenters. The first-order chi connectivity index (χ1) is 6.97. The first-order valence-electron chi connectivity index (χ1n) is 5.41. The largest absolute Gasteiger partial charge is 0.244 e. The van der Waals surface area contributed by atoms with E-state index in [2.05, 4.69) is 15.9 Å². The van der Waals surface area contributed by atoms with E-state index >= 15 is 0 Å². The number of alkyl halides is 1. The van der Waals surface area contributed by atoms with Crippen LogP contribution in [-0.2, 0) is 5.41 Å². The van der Waals surface area contributed by atoms with Crippen molar-refractivity contribution in [3.05, 3.63) is 34.3 Å². The maximum absolute atomic E-state index is 14.3. The summed E-state index contributed by atoms with van der Waals surface area (Å²) < 4.78 is 15.4. The Hall–Kier alpha value is -0.370. The summed E-state index contributed by atoms with van der Waals surface area (Å²) in [5.41, 5.74) is -0.286. The molecule has 0 spiro atoms. The van der Waals surface area contributed by atoms with Crippen LogP contribution in [0.4, 0.5) is 4.39 Å². The first-order valence-corrected chi connectivity index (χ1v) is 6.21. The van der Waals surface area contributed by atoms with Crippen molar-refractivity contribution in [2.24, 2.45) is 0 Å². The topological polar surface area (TPSA) is 0 Å². The van der Waals surface area contributed by atoms with Gasteiger partial charge in [0.1, 0.15) is 5.67 Å². The number of rotatable bonds is 2. The van der Waals surface area contributed by atoms with Gasteiger partial charge in [-0.1, -0.05) is 40.5 Å². The summed E-state index contributed by atoms with van der Waals surface area (Å²) in [7, 11) is 0. The zero-order valence-electron chi connectivity index (χ0n) is 9.19. The van der Waals surface area contributed by atoms with E-state index in [1.807, 2.05) is 24.3 Å². The van der Waals surface area contributed by atoms with E-state index in [1.54, 1.807) is 13.8 Å². The Balaban J connectivity index is 2.48. The average Bonchev–Trinajstić information content (AvgIpc) is 2.03. The van der Waals surface area contributed by atoms with Crippen LogP contribution in [0.25, 0.3) is 0 Å². The highest BCUT2D eigenvalue weighted by Gasteiger charge is 2.51. The summed E-state index contributed by atoms with van der Waals surface area (Å²) in [5, 5.41) is 0. The van der Waals surface area contributed by atoms with Gasteiger partial charge in [-0.15, -0.1) is 0 Å². The van der Waals surface area contributed by atoms with E-state index in [1.165, 1.54) is 0 Å². The van der Waals surface area contributed by atoms with Gasteiger partial charge in [0.2, 0.25) is 0 Å². The van der Waals surface area contributed by atoms with Crippen molar-refractivity contribution < 1.29 is 4.39 Å². The van der Waals surface area contributed by atoms with Gasteiger partial charge in [-0.2, -0.15) is 0 Å². The third kappa shape index (κ3) is 1.63. The fourth-order valence-electron chi connectivity index (χ4n) is 2.56. The van der Waals surface area contributed by atoms with Crippen LogP contribution in [0.1, 0.15) is 38.7 Å². The Morgan fingerprint density at radius 3 is 2.27 bits per heavy atom. The minimum absolute atomic E-state index is 0.271. The normalized spacial score (nSPS) is 19.7. The molecule has 0 aromatic heterocycles. The van der Waals surface area contributed by atoms with Crippen molar-refractivity contribution in [2.45, 2.75) is 44.2 Å². The Labute approximate surface area is 99.0 Å². The van der Waals surface area contributed by atoms with Crippen LogP contribution in [0.2, 0.25) is 0 Å². The molecular weight excluding hydrogens is 255 g/mol. The van der Waals surface area contributed by atoms with Crippen LogP contribution in [0, 0.1) is 0 Å². The molecule has 0 aliphatic heterocycles. The van der Waals surface area contributed by atoms with Crippen LogP contribution >= 0.6 is 15.9 Å². The van der Waals surface area contributed by atoms with Gasteiger partial charge in [-0.25, -0.2) is 4.39 Å². The lowest BCUT2D eigenvalue weighted by Crippen LogP contribution is -2.49. The highest BCUT2D eigenvalue weighted by Crippen LogP contribution is 2.54. The molecule has 82 valence electrons. The second-order valence-corrected chi connectivity index (χ2v) is 5.74. The molecule has 2 heteroatoms. The van der Waals surface area contributed by atoms with Gasteiger partial charge in [0.15, 0.2) is 0 Å². The molecule has 0 N–H and O–H groups in total. The molecule has 1 fully saturated rings. The minimum Gasteiger partial charge on any atom is -0.244 e. The Morgan fingerprint density at radius 2 is 1.87 bits per heavy atom. The fourth-order valence-corrected chi connectivity index (χ4v) is 3.23. The molecule has 1 aromatic rings. The molecule has 0 nitrogen and oxygen atoms in total. The van der Waals surface area contributed by atoms with Gasteiger partial charge in [-0.05, 0) is 38.3 Å². The molecule has 0 unspecified atom stereocenters. The second kappa shape index (κ2) is 3.58. The van der Waals surface area contributed by atoms with Crippen LogP contribution in [0.5, 0.6) is 0 Å². The van der Waals surface area contributed by atoms with Crippen molar-refractivity contribution in [1.29, 1.82) is 0 Å². The van der Waals surface area contributed by atoms with Crippen LogP contribution in [-0.4, -0.2) is 5.67 Å². The van der Waals surface area contributed by atoms with Crippen molar-refractivity contribution in [3.8, 4) is 0 Å². The molecule has 0 heterocycles. The van der Waals surface area contributed by atoms with E-state index < -0.39 is 5.67 Å². The Kier molecular flexibility index (Phi) is 2.66. The van der Waals surface area contributed by atoms with Gasteiger partial charge in [0.05, 0.1) is 0 Å². The highest BCUT2D eigenvalue weighted by molar-refractivity contribution is 9.10. The van der Waals surface area contributed by atoms with E-state index in [4.69, 9.17) is 0 Å². The molecule has 2 rings (SSSR count). The lowest BCUT2D eigenvalue weighted by molar-refractivity contribution is 0.0263. The second-order valence-electron chi connectivity index (χ2n) is 4.89. The molecule has 1 saturated carbocycles. The van der Waals surface area contributed by atoms with Gasteiger partial charge in [0.25, 0.3) is 0 Å². The minimum atomic E-state index is -1.14. The van der Waals surface area contributed by atoms with Crippen LogP contribution in [0.15, 0.2) is 28.7 Å². The van der Waals surface area contributed by atoms with Crippen molar-refractivity contribution >= 4 is 15.9 Å². The van der Waals surface area contributed by atoms with Gasteiger partial charge in [0, 0.05) is 9.89 Å². The standard InChI is InChI=1S/C13H16BrF/c1-12(2,15)13(8-5-9-13)10-6-3-4-7-11(10)14/h3-4,6-7H,5,8-9H2,1-2H3. The lowest BCUT2D eigenvalue weighted by Gasteiger charge is -2.49. The molecule has 0 amide bonds. The molecule has 0 radical (unpaired) electrons. The van der Waals surface area contributed by atoms with Crippen molar-refractivity contribution in [2.75, 3.05) is 0 Å². The van der Waals surface area contributed by atoms with Crippen LogP contribution < -0.4 is 0 Å². The molecule has 1 aromatic carbocycles. The Morgan fingerprint density at radius 1 is 1.27 bits per heavy atom. The smallest absolute Gasteiger partial charge is 0.115 e. The summed E-state index contributed by atoms with van der Waals surface area (Å²) >= 11 is 3.53. The lowest BCUT2D eigenvalue weighted by atomic mass is 9.57. The summed E-state index contributed by atoms with van der Waals surface area (Å²) in [6.07, 6.45) is 3.05. The average molecular weight is 271 g/mol. The number of benzene rings is 1. The fraction of sp³-hybridized carbons (Fsp3) is 0.538. The van der Waals surface area contributed by atoms with Crippen molar-refractivity contribution in [3.63, 3.8) is 0 Å². The third-order valence-corrected chi connectivity index (χ3v) is 4.43. The third-order valence-electron chi connectivity index (χ3n) is 3.73. The SMILES string of the molecule is CC(C)(F)C1(c2ccccc2Br)CCC1. The molecule has 15 heavy (non-hydrogen) atoms. The van der Waals surface area contributed by atoms with Crippen molar-refractivity contribution in [1.82, 2.24) is 0 Å². The first kappa shape index (κ1) is 11.1. The predicted octanol–water partition coefficient (Wildman–Crippen LogP) is 4.62. The summed E-state index contributed by atoms with van der Waals surface area (Å²) in [6.45, 7) is 3.40. The number of hydrogen-bond acceptors (Lipinski definition) is 0. The van der Waals surface area contributed by atoms with E-state index in [9.17, 15) is 4.39 Å².